The molecule has 0 saturated heterocycles. The van der Waals surface area contributed by atoms with E-state index in [4.69, 9.17) is 0 Å². The van der Waals surface area contributed by atoms with E-state index in [-0.39, 0.29) is 11.4 Å². The summed E-state index contributed by atoms with van der Waals surface area (Å²) in [5.41, 5.74) is 0.202. The minimum absolute atomic E-state index is 0.0650. The van der Waals surface area contributed by atoms with Gasteiger partial charge < -0.3 is 4.74 Å². The molecule has 0 fully saturated rings. The van der Waals surface area contributed by atoms with E-state index in [2.05, 4.69) is 9.72 Å². The fraction of sp³-hybridized carbons (Fsp3) is 0.250. The summed E-state index contributed by atoms with van der Waals surface area (Å²) in [5, 5.41) is 10.5. The van der Waals surface area contributed by atoms with E-state index in [9.17, 15) is 14.9 Å². The van der Waals surface area contributed by atoms with Gasteiger partial charge in [-0.2, -0.15) is 0 Å². The number of nitrogens with zero attached hydrogens (tertiary/aromatic N) is 2. The Kier molecular flexibility index (Phi) is 2.76. The normalized spacial score (nSPS) is 9.57. The number of hydrogen-bond donors (Lipinski definition) is 0. The molecule has 0 unspecified atom stereocenters. The number of pyridine rings is 1. The van der Waals surface area contributed by atoms with E-state index in [1.165, 1.54) is 13.3 Å². The molecule has 0 bridgehead atoms. The molecule has 1 aromatic heterocycles. The summed E-state index contributed by atoms with van der Waals surface area (Å²) in [5.74, 6) is -0.687. The van der Waals surface area contributed by atoms with E-state index in [1.807, 2.05) is 0 Å². The van der Waals surface area contributed by atoms with Crippen LogP contribution in [0.25, 0.3) is 0 Å². The SMILES string of the molecule is COC(=O)c1cc([N+](=O)[O-])c(C)cn1. The number of nitro groups is 1. The molecule has 14 heavy (non-hydrogen) atoms. The molecule has 0 saturated carbocycles. The molecule has 6 heteroatoms. The molecule has 74 valence electrons. The second kappa shape index (κ2) is 3.82. The largest absolute Gasteiger partial charge is 0.464 e. The number of aryl methyl sites for hydroxylation is 1. The van der Waals surface area contributed by atoms with Gasteiger partial charge in [-0.25, -0.2) is 9.78 Å². The van der Waals surface area contributed by atoms with Gasteiger partial charge in [0.15, 0.2) is 5.69 Å². The predicted octanol–water partition coefficient (Wildman–Crippen LogP) is 1.08. The number of methoxy groups -OCH3 is 1. The van der Waals surface area contributed by atoms with Crippen LogP contribution in [-0.4, -0.2) is 23.0 Å². The highest BCUT2D eigenvalue weighted by atomic mass is 16.6. The number of hydrogen-bond acceptors (Lipinski definition) is 5. The first kappa shape index (κ1) is 10.1. The zero-order valence-electron chi connectivity index (χ0n) is 7.68. The van der Waals surface area contributed by atoms with Crippen LogP contribution in [0.2, 0.25) is 0 Å². The number of carbonyl (C=O) groups is 1. The van der Waals surface area contributed by atoms with Crippen molar-refractivity contribution in [2.24, 2.45) is 0 Å². The molecule has 0 aromatic carbocycles. The second-order valence-electron chi connectivity index (χ2n) is 2.60. The molecule has 0 aliphatic rings. The summed E-state index contributed by atoms with van der Waals surface area (Å²) < 4.78 is 4.39. The van der Waals surface area contributed by atoms with Crippen LogP contribution < -0.4 is 0 Å². The molecule has 0 N–H and O–H groups in total. The van der Waals surface area contributed by atoms with Crippen LogP contribution in [0.15, 0.2) is 12.3 Å². The number of esters is 1. The maximum atomic E-state index is 11.0. The lowest BCUT2D eigenvalue weighted by Gasteiger charge is -1.99. The molecule has 0 radical (unpaired) electrons. The van der Waals surface area contributed by atoms with E-state index in [0.717, 1.165) is 6.07 Å². The Labute approximate surface area is 79.7 Å². The van der Waals surface area contributed by atoms with Crippen LogP contribution in [0.4, 0.5) is 5.69 Å². The van der Waals surface area contributed by atoms with Gasteiger partial charge in [-0.1, -0.05) is 0 Å². The highest BCUT2D eigenvalue weighted by Crippen LogP contribution is 2.17. The Morgan fingerprint density at radius 1 is 1.64 bits per heavy atom. The lowest BCUT2D eigenvalue weighted by molar-refractivity contribution is -0.385. The zero-order chi connectivity index (χ0) is 10.7. The Morgan fingerprint density at radius 3 is 2.79 bits per heavy atom. The molecular weight excluding hydrogens is 188 g/mol. The van der Waals surface area contributed by atoms with Crippen molar-refractivity contribution in [3.05, 3.63) is 33.6 Å². The number of carbonyl (C=O) groups excluding carboxylic acids is 1. The molecule has 1 aromatic rings. The molecule has 0 amide bonds. The van der Waals surface area contributed by atoms with E-state index in [1.54, 1.807) is 6.92 Å². The maximum Gasteiger partial charge on any atom is 0.356 e. The Bertz CT molecular complexity index is 389. The molecule has 0 aliphatic heterocycles. The topological polar surface area (TPSA) is 82.3 Å². The van der Waals surface area contributed by atoms with Gasteiger partial charge in [-0.3, -0.25) is 10.1 Å². The molecule has 6 nitrogen and oxygen atoms in total. The minimum atomic E-state index is -0.687. The molecule has 1 rings (SSSR count). The van der Waals surface area contributed by atoms with Gasteiger partial charge >= 0.3 is 5.97 Å². The summed E-state index contributed by atoms with van der Waals surface area (Å²) in [7, 11) is 1.19. The highest BCUT2D eigenvalue weighted by Gasteiger charge is 2.16. The van der Waals surface area contributed by atoms with Crippen molar-refractivity contribution in [2.45, 2.75) is 6.92 Å². The van der Waals surface area contributed by atoms with Gasteiger partial charge in [0.25, 0.3) is 5.69 Å². The Morgan fingerprint density at radius 2 is 2.29 bits per heavy atom. The van der Waals surface area contributed by atoms with Gasteiger partial charge in [-0.15, -0.1) is 0 Å². The Hall–Kier alpha value is -1.98. The van der Waals surface area contributed by atoms with Crippen LogP contribution in [0.1, 0.15) is 16.1 Å². The van der Waals surface area contributed by atoms with Gasteiger partial charge in [-0.05, 0) is 6.92 Å². The summed E-state index contributed by atoms with van der Waals surface area (Å²) in [4.78, 5) is 24.6. The minimum Gasteiger partial charge on any atom is -0.464 e. The second-order valence-corrected chi connectivity index (χ2v) is 2.60. The molecular formula is C8H8N2O4. The van der Waals surface area contributed by atoms with Crippen LogP contribution in [0, 0.1) is 17.0 Å². The summed E-state index contributed by atoms with van der Waals surface area (Å²) >= 11 is 0. The third-order valence-corrected chi connectivity index (χ3v) is 1.67. The lowest BCUT2D eigenvalue weighted by Crippen LogP contribution is -2.05. The number of ether oxygens (including phenoxy) is 1. The fourth-order valence-corrected chi connectivity index (χ4v) is 0.926. The van der Waals surface area contributed by atoms with Crippen LogP contribution >= 0.6 is 0 Å². The van der Waals surface area contributed by atoms with Gasteiger partial charge in [0.2, 0.25) is 0 Å². The summed E-state index contributed by atoms with van der Waals surface area (Å²) in [6, 6.07) is 1.10. The average Bonchev–Trinajstić information content (AvgIpc) is 2.17. The van der Waals surface area contributed by atoms with Gasteiger partial charge in [0.05, 0.1) is 12.0 Å². The van der Waals surface area contributed by atoms with Crippen molar-refractivity contribution in [1.82, 2.24) is 4.98 Å². The van der Waals surface area contributed by atoms with Crippen LogP contribution in [-0.2, 0) is 4.74 Å². The first-order valence-electron chi connectivity index (χ1n) is 3.75. The lowest BCUT2D eigenvalue weighted by atomic mass is 10.2. The third kappa shape index (κ3) is 1.85. The summed E-state index contributed by atoms with van der Waals surface area (Å²) in [6.07, 6.45) is 1.27. The number of aromatic nitrogens is 1. The van der Waals surface area contributed by atoms with Crippen molar-refractivity contribution in [3.8, 4) is 0 Å². The van der Waals surface area contributed by atoms with Crippen molar-refractivity contribution >= 4 is 11.7 Å². The average molecular weight is 196 g/mol. The first-order chi connectivity index (χ1) is 6.56. The van der Waals surface area contributed by atoms with Gasteiger partial charge in [0, 0.05) is 17.8 Å². The zero-order valence-corrected chi connectivity index (χ0v) is 7.68. The molecule has 0 spiro atoms. The van der Waals surface area contributed by atoms with E-state index >= 15 is 0 Å². The van der Waals surface area contributed by atoms with Crippen LogP contribution in [0.5, 0.6) is 0 Å². The standard InChI is InChI=1S/C8H8N2O4/c1-5-4-9-6(8(11)14-2)3-7(5)10(12)13/h3-4H,1-2H3. The molecule has 0 aliphatic carbocycles. The fourth-order valence-electron chi connectivity index (χ4n) is 0.926. The number of rotatable bonds is 2. The van der Waals surface area contributed by atoms with Crippen molar-refractivity contribution in [3.63, 3.8) is 0 Å². The van der Waals surface area contributed by atoms with Crippen molar-refractivity contribution in [2.75, 3.05) is 7.11 Å². The smallest absolute Gasteiger partial charge is 0.356 e. The maximum absolute atomic E-state index is 11.0. The molecule has 0 atom stereocenters. The van der Waals surface area contributed by atoms with E-state index < -0.39 is 10.9 Å². The molecule has 1 heterocycles. The first-order valence-corrected chi connectivity index (χ1v) is 3.75. The predicted molar refractivity (Wildman–Crippen MR) is 47.0 cm³/mol. The van der Waals surface area contributed by atoms with Crippen molar-refractivity contribution in [1.29, 1.82) is 0 Å². The van der Waals surface area contributed by atoms with E-state index in [0.29, 0.717) is 5.56 Å². The quantitative estimate of drug-likeness (QED) is 0.401. The van der Waals surface area contributed by atoms with Crippen molar-refractivity contribution < 1.29 is 14.5 Å². The van der Waals surface area contributed by atoms with Gasteiger partial charge in [0.1, 0.15) is 0 Å². The van der Waals surface area contributed by atoms with Crippen LogP contribution in [0.3, 0.4) is 0 Å². The Balaban J connectivity index is 3.19. The third-order valence-electron chi connectivity index (χ3n) is 1.67. The summed E-state index contributed by atoms with van der Waals surface area (Å²) in [6.45, 7) is 1.55. The monoisotopic (exact) mass is 196 g/mol. The highest BCUT2D eigenvalue weighted by molar-refractivity contribution is 5.87.